The third-order valence-electron chi connectivity index (χ3n) is 6.29. The van der Waals surface area contributed by atoms with Crippen molar-refractivity contribution in [3.63, 3.8) is 0 Å². The molecule has 0 aliphatic heterocycles. The lowest BCUT2D eigenvalue weighted by atomic mass is 10.0. The number of benzene rings is 1. The van der Waals surface area contributed by atoms with Gasteiger partial charge in [-0.25, -0.2) is 0 Å². The Morgan fingerprint density at radius 1 is 0.811 bits per heavy atom. The van der Waals surface area contributed by atoms with Crippen LogP contribution in [0.5, 0.6) is 5.75 Å². The van der Waals surface area contributed by atoms with Crippen LogP contribution in [0, 0.1) is 10.1 Å². The van der Waals surface area contributed by atoms with Crippen molar-refractivity contribution in [3.8, 4) is 5.75 Å². The third-order valence-corrected chi connectivity index (χ3v) is 6.29. The number of unbranched alkanes of at least 4 members (excludes halogenated alkanes) is 13. The Bertz CT molecular complexity index is 784. The van der Waals surface area contributed by atoms with E-state index in [1.54, 1.807) is 6.92 Å². The summed E-state index contributed by atoms with van der Waals surface area (Å²) in [7, 11) is 0. The molecule has 37 heavy (non-hydrogen) atoms. The first kappa shape index (κ1) is 32.4. The minimum Gasteiger partial charge on any atom is -0.491 e. The van der Waals surface area contributed by atoms with Gasteiger partial charge in [0.2, 0.25) is 5.91 Å². The normalized spacial score (nSPS) is 10.8. The van der Waals surface area contributed by atoms with Crippen molar-refractivity contribution < 1.29 is 24.0 Å². The highest BCUT2D eigenvalue weighted by molar-refractivity contribution is 5.92. The van der Waals surface area contributed by atoms with Gasteiger partial charge in [-0.3, -0.25) is 19.7 Å². The zero-order valence-electron chi connectivity index (χ0n) is 23.1. The zero-order chi connectivity index (χ0) is 27.1. The lowest BCUT2D eigenvalue weighted by Gasteiger charge is -2.12. The first-order valence-corrected chi connectivity index (χ1v) is 14.3. The summed E-state index contributed by atoms with van der Waals surface area (Å²) in [6.45, 7) is 4.71. The van der Waals surface area contributed by atoms with Crippen LogP contribution in [0.15, 0.2) is 18.2 Å². The van der Waals surface area contributed by atoms with Gasteiger partial charge < -0.3 is 14.8 Å². The summed E-state index contributed by atoms with van der Waals surface area (Å²) < 4.78 is 10.6. The number of nitrogens with one attached hydrogen (secondary N) is 1. The van der Waals surface area contributed by atoms with E-state index in [2.05, 4.69) is 12.2 Å². The molecule has 0 saturated carbocycles. The fourth-order valence-corrected chi connectivity index (χ4v) is 4.16. The molecule has 210 valence electrons. The Morgan fingerprint density at radius 3 is 1.95 bits per heavy atom. The van der Waals surface area contributed by atoms with E-state index in [0.717, 1.165) is 19.3 Å². The first-order chi connectivity index (χ1) is 18.0. The molecule has 0 spiro atoms. The Labute approximate surface area is 223 Å². The van der Waals surface area contributed by atoms with Gasteiger partial charge in [0.05, 0.1) is 23.8 Å². The van der Waals surface area contributed by atoms with E-state index in [4.69, 9.17) is 9.47 Å². The monoisotopic (exact) mass is 520 g/mol. The molecule has 1 aromatic rings. The molecule has 0 unspecified atom stereocenters. The average Bonchev–Trinajstić information content (AvgIpc) is 2.87. The number of carbonyl (C=O) groups excluding carboxylic acids is 2. The van der Waals surface area contributed by atoms with Crippen LogP contribution in [0.25, 0.3) is 0 Å². The largest absolute Gasteiger partial charge is 0.491 e. The first-order valence-electron chi connectivity index (χ1n) is 14.3. The van der Waals surface area contributed by atoms with Gasteiger partial charge in [-0.2, -0.15) is 0 Å². The number of rotatable bonds is 23. The summed E-state index contributed by atoms with van der Waals surface area (Å²) >= 11 is 0. The molecule has 1 amide bonds. The summed E-state index contributed by atoms with van der Waals surface area (Å²) in [6, 6.07) is 4.19. The molecule has 1 N–H and O–H groups in total. The molecule has 8 heteroatoms. The number of amides is 1. The topological polar surface area (TPSA) is 108 Å². The number of ether oxygens (including phenoxy) is 2. The minimum absolute atomic E-state index is 0.106. The Balaban J connectivity index is 2.28. The Morgan fingerprint density at radius 2 is 1.38 bits per heavy atom. The number of anilines is 1. The summed E-state index contributed by atoms with van der Waals surface area (Å²) in [5, 5.41) is 14.0. The number of nitrogens with zero attached hydrogens (tertiary/aromatic N) is 1. The standard InChI is InChI=1S/C29H48N2O6/c1-3-5-6-7-8-9-10-11-12-13-14-15-16-19-28(32)30-26-24-25(31(34)35)21-22-27(26)37-23-18-17-20-29(33)36-4-2/h21-22,24H,3-20,23H2,1-2H3,(H,30,32). The third kappa shape index (κ3) is 16.7. The molecule has 0 atom stereocenters. The number of hydrogen-bond acceptors (Lipinski definition) is 6. The maximum atomic E-state index is 12.5. The summed E-state index contributed by atoms with van der Waals surface area (Å²) in [5.41, 5.74) is 0.199. The van der Waals surface area contributed by atoms with Crippen molar-refractivity contribution in [2.45, 2.75) is 123 Å². The summed E-state index contributed by atoms with van der Waals surface area (Å²) in [6.07, 6.45) is 18.1. The zero-order valence-corrected chi connectivity index (χ0v) is 23.1. The van der Waals surface area contributed by atoms with Gasteiger partial charge in [0.1, 0.15) is 5.75 Å². The highest BCUT2D eigenvalue weighted by atomic mass is 16.6. The predicted molar refractivity (Wildman–Crippen MR) is 148 cm³/mol. The molecule has 8 nitrogen and oxygen atoms in total. The Hall–Kier alpha value is -2.64. The van der Waals surface area contributed by atoms with E-state index in [-0.39, 0.29) is 17.6 Å². The van der Waals surface area contributed by atoms with E-state index in [1.165, 1.54) is 82.4 Å². The fourth-order valence-electron chi connectivity index (χ4n) is 4.16. The Kier molecular flexibility index (Phi) is 18.8. The SMILES string of the molecule is CCCCCCCCCCCCCCCC(=O)Nc1cc([N+](=O)[O-])ccc1OCCCCC(=O)OCC. The number of carbonyl (C=O) groups is 2. The van der Waals surface area contributed by atoms with Gasteiger partial charge in [-0.05, 0) is 32.3 Å². The number of nitro groups is 1. The number of hydrogen-bond donors (Lipinski definition) is 1. The molecule has 0 aliphatic rings. The van der Waals surface area contributed by atoms with E-state index < -0.39 is 4.92 Å². The number of nitro benzene ring substituents is 1. The van der Waals surface area contributed by atoms with Gasteiger partial charge in [0.15, 0.2) is 0 Å². The van der Waals surface area contributed by atoms with Crippen LogP contribution >= 0.6 is 0 Å². The van der Waals surface area contributed by atoms with E-state index in [1.807, 2.05) is 0 Å². The van der Waals surface area contributed by atoms with Crippen LogP contribution in [-0.4, -0.2) is 30.0 Å². The van der Waals surface area contributed by atoms with Crippen LogP contribution in [0.3, 0.4) is 0 Å². The second-order valence-corrected chi connectivity index (χ2v) is 9.59. The molecule has 0 saturated heterocycles. The van der Waals surface area contributed by atoms with Crippen LogP contribution in [0.1, 0.15) is 123 Å². The van der Waals surface area contributed by atoms with Crippen LogP contribution in [0.2, 0.25) is 0 Å². The van der Waals surface area contributed by atoms with Gasteiger partial charge in [0.25, 0.3) is 5.69 Å². The molecule has 0 aromatic heterocycles. The van der Waals surface area contributed by atoms with Crippen molar-refractivity contribution in [3.05, 3.63) is 28.3 Å². The summed E-state index contributed by atoms with van der Waals surface area (Å²) in [5.74, 6) is -0.0184. The lowest BCUT2D eigenvalue weighted by molar-refractivity contribution is -0.384. The quantitative estimate of drug-likeness (QED) is 0.0675. The van der Waals surface area contributed by atoms with Gasteiger partial charge in [-0.15, -0.1) is 0 Å². The highest BCUT2D eigenvalue weighted by Gasteiger charge is 2.14. The van der Waals surface area contributed by atoms with Gasteiger partial charge in [-0.1, -0.05) is 84.0 Å². The highest BCUT2D eigenvalue weighted by Crippen LogP contribution is 2.30. The fraction of sp³-hybridized carbons (Fsp3) is 0.724. The molecular formula is C29H48N2O6. The molecule has 1 aromatic carbocycles. The predicted octanol–water partition coefficient (Wildman–Crippen LogP) is 8.13. The van der Waals surface area contributed by atoms with E-state index >= 15 is 0 Å². The maximum Gasteiger partial charge on any atom is 0.305 e. The molecule has 0 aliphatic carbocycles. The van der Waals surface area contributed by atoms with Crippen molar-refractivity contribution in [2.24, 2.45) is 0 Å². The molecule has 0 heterocycles. The molecule has 0 radical (unpaired) electrons. The maximum absolute atomic E-state index is 12.5. The van der Waals surface area contributed by atoms with E-state index in [0.29, 0.717) is 50.3 Å². The van der Waals surface area contributed by atoms with Crippen LogP contribution in [0.4, 0.5) is 11.4 Å². The second kappa shape index (κ2) is 21.4. The van der Waals surface area contributed by atoms with Crippen molar-refractivity contribution >= 4 is 23.3 Å². The van der Waals surface area contributed by atoms with Crippen molar-refractivity contribution in [1.82, 2.24) is 0 Å². The molecule has 1 rings (SSSR count). The van der Waals surface area contributed by atoms with Crippen molar-refractivity contribution in [1.29, 1.82) is 0 Å². The van der Waals surface area contributed by atoms with Gasteiger partial charge >= 0.3 is 5.97 Å². The smallest absolute Gasteiger partial charge is 0.305 e. The van der Waals surface area contributed by atoms with E-state index in [9.17, 15) is 19.7 Å². The van der Waals surface area contributed by atoms with Crippen LogP contribution in [-0.2, 0) is 14.3 Å². The molecule has 0 fully saturated rings. The van der Waals surface area contributed by atoms with Crippen LogP contribution < -0.4 is 10.1 Å². The lowest BCUT2D eigenvalue weighted by Crippen LogP contribution is -2.13. The van der Waals surface area contributed by atoms with Crippen molar-refractivity contribution in [2.75, 3.05) is 18.5 Å². The number of esters is 1. The molecular weight excluding hydrogens is 472 g/mol. The molecule has 0 bridgehead atoms. The minimum atomic E-state index is -0.495. The van der Waals surface area contributed by atoms with Gasteiger partial charge in [0, 0.05) is 25.0 Å². The number of non-ortho nitro benzene ring substituents is 1. The average molecular weight is 521 g/mol. The summed E-state index contributed by atoms with van der Waals surface area (Å²) in [4.78, 5) is 34.6. The second-order valence-electron chi connectivity index (χ2n) is 9.59.